The Morgan fingerprint density at radius 2 is 1.90 bits per heavy atom. The number of anilines is 1. The summed E-state index contributed by atoms with van der Waals surface area (Å²) < 4.78 is 13.7. The molecule has 0 atom stereocenters. The van der Waals surface area contributed by atoms with Crippen molar-refractivity contribution in [1.29, 1.82) is 0 Å². The number of hydrogen-bond donors (Lipinski definition) is 2. The number of para-hydroxylation sites is 1. The molecule has 0 spiro atoms. The molecule has 0 aliphatic carbocycles. The Labute approximate surface area is 176 Å². The van der Waals surface area contributed by atoms with Crippen molar-refractivity contribution in [2.45, 2.75) is 29.1 Å². The molecule has 150 valence electrons. The third-order valence-electron chi connectivity index (χ3n) is 4.24. The average molecular weight is 430 g/mol. The zero-order valence-corrected chi connectivity index (χ0v) is 17.6. The van der Waals surface area contributed by atoms with Crippen LogP contribution >= 0.6 is 23.5 Å². The number of nitrogens with zero attached hydrogens (tertiary/aromatic N) is 1. The van der Waals surface area contributed by atoms with Crippen LogP contribution in [0.5, 0.6) is 0 Å². The summed E-state index contributed by atoms with van der Waals surface area (Å²) >= 11 is 2.77. The first-order chi connectivity index (χ1) is 14.0. The first-order valence-electron chi connectivity index (χ1n) is 8.86. The van der Waals surface area contributed by atoms with Gasteiger partial charge in [-0.1, -0.05) is 42.1 Å². The summed E-state index contributed by atoms with van der Waals surface area (Å²) in [5.74, 6) is -0.230. The van der Waals surface area contributed by atoms with E-state index in [2.05, 4.69) is 15.3 Å². The van der Waals surface area contributed by atoms with Crippen molar-refractivity contribution < 1.29 is 9.18 Å². The number of aromatic nitrogens is 2. The van der Waals surface area contributed by atoms with Crippen LogP contribution in [0, 0.1) is 12.7 Å². The van der Waals surface area contributed by atoms with Crippen molar-refractivity contribution in [1.82, 2.24) is 9.97 Å². The first kappa shape index (κ1) is 21.1. The summed E-state index contributed by atoms with van der Waals surface area (Å²) in [6, 6.07) is 14.0. The minimum Gasteiger partial charge on any atom is -0.325 e. The summed E-state index contributed by atoms with van der Waals surface area (Å²) in [4.78, 5) is 32.9. The monoisotopic (exact) mass is 429 g/mol. The molecule has 8 heteroatoms. The molecule has 29 heavy (non-hydrogen) atoms. The van der Waals surface area contributed by atoms with E-state index < -0.39 is 0 Å². The maximum atomic E-state index is 13.7. The van der Waals surface area contributed by atoms with E-state index in [1.807, 2.05) is 30.5 Å². The standard InChI is InChI=1S/C21H20FN3O2S2/c1-13-15(11-19(26)24-17-9-5-6-10-18(17)28-2)20(27)25-21(23-13)29-12-14-7-3-4-8-16(14)22/h3-10H,11-12H2,1-2H3,(H,24,26)(H,23,25,27). The van der Waals surface area contributed by atoms with Crippen LogP contribution in [-0.4, -0.2) is 22.1 Å². The molecule has 0 aliphatic heterocycles. The fourth-order valence-electron chi connectivity index (χ4n) is 2.73. The minimum atomic E-state index is -0.359. The molecule has 0 saturated heterocycles. The second kappa shape index (κ2) is 9.76. The van der Waals surface area contributed by atoms with Crippen LogP contribution in [0.4, 0.5) is 10.1 Å². The highest BCUT2D eigenvalue weighted by Gasteiger charge is 2.14. The van der Waals surface area contributed by atoms with Gasteiger partial charge in [-0.15, -0.1) is 11.8 Å². The smallest absolute Gasteiger partial charge is 0.255 e. The van der Waals surface area contributed by atoms with Crippen LogP contribution in [0.15, 0.2) is 63.4 Å². The molecule has 2 aromatic carbocycles. The zero-order chi connectivity index (χ0) is 20.8. The van der Waals surface area contributed by atoms with Crippen molar-refractivity contribution in [2.24, 2.45) is 0 Å². The van der Waals surface area contributed by atoms with Crippen LogP contribution in [-0.2, 0) is 17.0 Å². The van der Waals surface area contributed by atoms with Crippen LogP contribution in [0.1, 0.15) is 16.8 Å². The summed E-state index contributed by atoms with van der Waals surface area (Å²) in [7, 11) is 0. The van der Waals surface area contributed by atoms with Gasteiger partial charge in [0.05, 0.1) is 12.1 Å². The van der Waals surface area contributed by atoms with Gasteiger partial charge in [0, 0.05) is 21.9 Å². The van der Waals surface area contributed by atoms with E-state index in [1.54, 1.807) is 25.1 Å². The van der Waals surface area contributed by atoms with E-state index in [-0.39, 0.29) is 23.7 Å². The highest BCUT2D eigenvalue weighted by atomic mass is 32.2. The largest absolute Gasteiger partial charge is 0.325 e. The van der Waals surface area contributed by atoms with E-state index in [9.17, 15) is 14.0 Å². The Morgan fingerprint density at radius 3 is 2.62 bits per heavy atom. The number of carbonyl (C=O) groups is 1. The van der Waals surface area contributed by atoms with E-state index in [0.29, 0.717) is 33.4 Å². The van der Waals surface area contributed by atoms with Gasteiger partial charge in [-0.3, -0.25) is 9.59 Å². The van der Waals surface area contributed by atoms with E-state index in [4.69, 9.17) is 0 Å². The number of aryl methyl sites for hydroxylation is 1. The lowest BCUT2D eigenvalue weighted by atomic mass is 10.1. The van der Waals surface area contributed by atoms with Gasteiger partial charge in [0.25, 0.3) is 5.56 Å². The molecule has 1 aromatic heterocycles. The number of hydrogen-bond acceptors (Lipinski definition) is 5. The summed E-state index contributed by atoms with van der Waals surface area (Å²) in [6.07, 6.45) is 1.86. The highest BCUT2D eigenvalue weighted by Crippen LogP contribution is 2.25. The molecule has 0 bridgehead atoms. The van der Waals surface area contributed by atoms with Gasteiger partial charge >= 0.3 is 0 Å². The van der Waals surface area contributed by atoms with Crippen LogP contribution < -0.4 is 10.9 Å². The first-order valence-corrected chi connectivity index (χ1v) is 11.1. The molecular formula is C21H20FN3O2S2. The summed E-state index contributed by atoms with van der Waals surface area (Å²) in [6.45, 7) is 1.70. The van der Waals surface area contributed by atoms with E-state index in [0.717, 1.165) is 4.90 Å². The third-order valence-corrected chi connectivity index (χ3v) is 5.96. The van der Waals surface area contributed by atoms with Gasteiger partial charge in [0.15, 0.2) is 5.16 Å². The number of thioether (sulfide) groups is 2. The highest BCUT2D eigenvalue weighted by molar-refractivity contribution is 7.98. The number of H-pyrrole nitrogens is 1. The Morgan fingerprint density at radius 1 is 1.17 bits per heavy atom. The number of halogens is 1. The second-order valence-corrected chi connectivity index (χ2v) is 8.05. The van der Waals surface area contributed by atoms with Crippen LogP contribution in [0.25, 0.3) is 0 Å². The molecule has 0 unspecified atom stereocenters. The molecule has 3 rings (SSSR count). The maximum Gasteiger partial charge on any atom is 0.255 e. The Hall–Kier alpha value is -2.58. The maximum absolute atomic E-state index is 13.7. The van der Waals surface area contributed by atoms with E-state index in [1.165, 1.54) is 29.6 Å². The van der Waals surface area contributed by atoms with Gasteiger partial charge in [0.1, 0.15) is 5.82 Å². The van der Waals surface area contributed by atoms with Crippen LogP contribution in [0.3, 0.4) is 0 Å². The fourth-order valence-corrected chi connectivity index (χ4v) is 4.17. The molecule has 0 aliphatic rings. The number of amides is 1. The molecular weight excluding hydrogens is 409 g/mol. The van der Waals surface area contributed by atoms with Crippen molar-refractivity contribution in [2.75, 3.05) is 11.6 Å². The molecule has 0 fully saturated rings. The van der Waals surface area contributed by atoms with Gasteiger partial charge in [-0.2, -0.15) is 0 Å². The van der Waals surface area contributed by atoms with Crippen molar-refractivity contribution >= 4 is 35.1 Å². The summed E-state index contributed by atoms with van der Waals surface area (Å²) in [5.41, 5.74) is 1.69. The second-order valence-electron chi connectivity index (χ2n) is 6.24. The van der Waals surface area contributed by atoms with Gasteiger partial charge in [0.2, 0.25) is 5.91 Å². The lowest BCUT2D eigenvalue weighted by Gasteiger charge is -2.10. The molecule has 1 heterocycles. The molecule has 1 amide bonds. The molecule has 0 radical (unpaired) electrons. The van der Waals surface area contributed by atoms with Gasteiger partial charge in [-0.25, -0.2) is 9.37 Å². The minimum absolute atomic E-state index is 0.0743. The number of benzene rings is 2. The lowest BCUT2D eigenvalue weighted by Crippen LogP contribution is -2.24. The average Bonchev–Trinajstić information content (AvgIpc) is 2.70. The molecule has 3 aromatic rings. The van der Waals surface area contributed by atoms with Crippen LogP contribution in [0.2, 0.25) is 0 Å². The van der Waals surface area contributed by atoms with Crippen molar-refractivity contribution in [3.05, 3.63) is 81.5 Å². The molecule has 0 saturated carbocycles. The van der Waals surface area contributed by atoms with E-state index >= 15 is 0 Å². The normalized spacial score (nSPS) is 10.7. The SMILES string of the molecule is CSc1ccccc1NC(=O)Cc1c(C)nc(SCc2ccccc2F)[nH]c1=O. The quantitative estimate of drug-likeness (QED) is 0.430. The predicted octanol–water partition coefficient (Wildman–Crippen LogP) is 4.41. The third kappa shape index (κ3) is 5.48. The number of carbonyl (C=O) groups excluding carboxylic acids is 1. The van der Waals surface area contributed by atoms with Crippen molar-refractivity contribution in [3.63, 3.8) is 0 Å². The number of rotatable bonds is 7. The zero-order valence-electron chi connectivity index (χ0n) is 16.0. The topological polar surface area (TPSA) is 74.8 Å². The fraction of sp³-hybridized carbons (Fsp3) is 0.190. The number of nitrogens with one attached hydrogen (secondary N) is 2. The Balaban J connectivity index is 1.70. The molecule has 2 N–H and O–H groups in total. The molecule has 5 nitrogen and oxygen atoms in total. The lowest BCUT2D eigenvalue weighted by molar-refractivity contribution is -0.115. The Kier molecular flexibility index (Phi) is 7.11. The van der Waals surface area contributed by atoms with Crippen molar-refractivity contribution in [3.8, 4) is 0 Å². The van der Waals surface area contributed by atoms with Gasteiger partial charge in [-0.05, 0) is 36.9 Å². The summed E-state index contributed by atoms with van der Waals surface area (Å²) in [5, 5.41) is 3.24. The van der Waals surface area contributed by atoms with Gasteiger partial charge < -0.3 is 10.3 Å². The number of aromatic amines is 1. The predicted molar refractivity (Wildman–Crippen MR) is 116 cm³/mol. The Bertz CT molecular complexity index is 1090.